The monoisotopic (exact) mass is 644 g/mol. The lowest BCUT2D eigenvalue weighted by Gasteiger charge is -2.16. The zero-order valence-electron chi connectivity index (χ0n) is 20.0. The third-order valence-corrected chi connectivity index (χ3v) is 7.11. The van der Waals surface area contributed by atoms with Gasteiger partial charge in [0.2, 0.25) is 0 Å². The first-order valence-corrected chi connectivity index (χ1v) is 13.0. The van der Waals surface area contributed by atoms with Crippen LogP contribution in [0.4, 0.5) is 5.69 Å². The molecule has 11 heteroatoms. The molecule has 0 saturated carbocycles. The summed E-state index contributed by atoms with van der Waals surface area (Å²) in [4.78, 5) is 42.3. The van der Waals surface area contributed by atoms with Gasteiger partial charge in [-0.05, 0) is 88.0 Å². The van der Waals surface area contributed by atoms with Gasteiger partial charge >= 0.3 is 11.9 Å². The number of para-hydroxylation sites is 1. The van der Waals surface area contributed by atoms with E-state index >= 15 is 0 Å². The Morgan fingerprint density at radius 3 is 2.42 bits per heavy atom. The summed E-state index contributed by atoms with van der Waals surface area (Å²) in [5, 5.41) is 18.6. The van der Waals surface area contributed by atoms with Crippen LogP contribution in [0.1, 0.15) is 21.5 Å². The van der Waals surface area contributed by atoms with Crippen LogP contribution in [0.25, 0.3) is 6.08 Å². The molecule has 0 aliphatic carbocycles. The summed E-state index contributed by atoms with van der Waals surface area (Å²) in [5.41, 5.74) is 2.26. The Labute approximate surface area is 235 Å². The first-order valence-electron chi connectivity index (χ1n) is 11.1. The predicted molar refractivity (Wildman–Crippen MR) is 152 cm³/mol. The van der Waals surface area contributed by atoms with Gasteiger partial charge in [0.1, 0.15) is 0 Å². The van der Waals surface area contributed by atoms with Crippen molar-refractivity contribution >= 4 is 69.1 Å². The molecular weight excluding hydrogens is 623 g/mol. The molecule has 4 rings (SSSR count). The Morgan fingerprint density at radius 2 is 1.79 bits per heavy atom. The SMILES string of the molecule is COc1cc(/C=C2/SC(=Nc3ccccc3)N(Cc3ccc(C(=O)O)cc3)C2=O)cc(I)c1OCC(=O)O. The summed E-state index contributed by atoms with van der Waals surface area (Å²) < 4.78 is 11.4. The molecule has 1 heterocycles. The summed E-state index contributed by atoms with van der Waals surface area (Å²) in [6.07, 6.45) is 1.71. The van der Waals surface area contributed by atoms with Crippen LogP contribution in [-0.2, 0) is 16.1 Å². The predicted octanol–water partition coefficient (Wildman–Crippen LogP) is 5.27. The molecule has 1 fully saturated rings. The van der Waals surface area contributed by atoms with Gasteiger partial charge in [0.25, 0.3) is 5.91 Å². The minimum atomic E-state index is -1.11. The van der Waals surface area contributed by atoms with Crippen LogP contribution < -0.4 is 9.47 Å². The van der Waals surface area contributed by atoms with E-state index < -0.39 is 18.5 Å². The largest absolute Gasteiger partial charge is 0.493 e. The second-order valence-electron chi connectivity index (χ2n) is 7.95. The Kier molecular flexibility index (Phi) is 8.69. The standard InChI is InChI=1S/C27H21IN2O7S/c1-36-21-12-17(11-20(28)24(21)37-15-23(31)32)13-22-25(33)30(14-16-7-9-18(10-8-16)26(34)35)27(38-22)29-19-5-3-2-4-6-19/h2-13H,14-15H2,1H3,(H,31,32)(H,34,35)/b22-13+,29-27?. The van der Waals surface area contributed by atoms with E-state index in [1.54, 1.807) is 35.2 Å². The van der Waals surface area contributed by atoms with Crippen molar-refractivity contribution < 1.29 is 34.1 Å². The number of methoxy groups -OCH3 is 1. The van der Waals surface area contributed by atoms with E-state index in [1.165, 1.54) is 31.0 Å². The molecular formula is C27H21IN2O7S. The molecule has 1 saturated heterocycles. The lowest BCUT2D eigenvalue weighted by Crippen LogP contribution is -2.28. The third kappa shape index (κ3) is 6.53. The first-order chi connectivity index (χ1) is 18.2. The molecule has 0 atom stereocenters. The number of aromatic carboxylic acids is 1. The highest BCUT2D eigenvalue weighted by Crippen LogP contribution is 2.38. The van der Waals surface area contributed by atoms with Crippen LogP contribution in [0.5, 0.6) is 11.5 Å². The van der Waals surface area contributed by atoms with Crippen molar-refractivity contribution in [1.29, 1.82) is 0 Å². The first kappa shape index (κ1) is 27.2. The Hall–Kier alpha value is -3.84. The fourth-order valence-electron chi connectivity index (χ4n) is 3.53. The smallest absolute Gasteiger partial charge is 0.341 e. The van der Waals surface area contributed by atoms with Crippen molar-refractivity contribution in [2.24, 2.45) is 4.99 Å². The average molecular weight is 644 g/mol. The van der Waals surface area contributed by atoms with E-state index in [0.717, 1.165) is 5.56 Å². The molecule has 1 aliphatic heterocycles. The highest BCUT2D eigenvalue weighted by molar-refractivity contribution is 14.1. The molecule has 9 nitrogen and oxygen atoms in total. The number of rotatable bonds is 9. The van der Waals surface area contributed by atoms with E-state index in [-0.39, 0.29) is 18.0 Å². The van der Waals surface area contributed by atoms with Gasteiger partial charge in [-0.25, -0.2) is 14.6 Å². The van der Waals surface area contributed by atoms with Gasteiger partial charge < -0.3 is 19.7 Å². The van der Waals surface area contributed by atoms with Crippen LogP contribution in [0.15, 0.2) is 76.6 Å². The number of aliphatic imine (C=N–C) groups is 1. The molecule has 1 aliphatic rings. The van der Waals surface area contributed by atoms with E-state index in [0.29, 0.717) is 36.4 Å². The summed E-state index contributed by atoms with van der Waals surface area (Å²) in [6, 6.07) is 19.0. The average Bonchev–Trinajstić information content (AvgIpc) is 3.17. The number of thioether (sulfide) groups is 1. The molecule has 0 bridgehead atoms. The maximum absolute atomic E-state index is 13.5. The Bertz CT molecular complexity index is 1440. The number of nitrogens with zero attached hydrogens (tertiary/aromatic N) is 2. The number of hydrogen-bond donors (Lipinski definition) is 2. The molecule has 0 aromatic heterocycles. The number of amidine groups is 1. The zero-order chi connectivity index (χ0) is 27.2. The minimum Gasteiger partial charge on any atom is -0.493 e. The molecule has 0 spiro atoms. The number of aliphatic carboxylic acids is 1. The van der Waals surface area contributed by atoms with Crippen LogP contribution in [0, 0.1) is 3.57 Å². The summed E-state index contributed by atoms with van der Waals surface area (Å²) in [5.74, 6) is -1.74. The van der Waals surface area contributed by atoms with Gasteiger partial charge in [-0.2, -0.15) is 0 Å². The molecule has 3 aromatic rings. The van der Waals surface area contributed by atoms with Gasteiger partial charge in [0.15, 0.2) is 23.3 Å². The Balaban J connectivity index is 1.68. The maximum Gasteiger partial charge on any atom is 0.341 e. The van der Waals surface area contributed by atoms with Gasteiger partial charge in [0, 0.05) is 0 Å². The number of carboxylic acids is 2. The number of ether oxygens (including phenoxy) is 2. The molecule has 1 amide bonds. The van der Waals surface area contributed by atoms with E-state index in [9.17, 15) is 19.5 Å². The fourth-order valence-corrected chi connectivity index (χ4v) is 5.31. The quantitative estimate of drug-likeness (QED) is 0.239. The van der Waals surface area contributed by atoms with E-state index in [2.05, 4.69) is 4.99 Å². The second kappa shape index (κ2) is 12.1. The van der Waals surface area contributed by atoms with Gasteiger partial charge in [-0.15, -0.1) is 0 Å². The molecule has 0 radical (unpaired) electrons. The van der Waals surface area contributed by atoms with Crippen molar-refractivity contribution in [3.8, 4) is 11.5 Å². The summed E-state index contributed by atoms with van der Waals surface area (Å²) >= 11 is 3.25. The Morgan fingerprint density at radius 1 is 1.08 bits per heavy atom. The summed E-state index contributed by atoms with van der Waals surface area (Å²) in [7, 11) is 1.45. The van der Waals surface area contributed by atoms with Gasteiger partial charge in [0.05, 0.1) is 33.4 Å². The van der Waals surface area contributed by atoms with Crippen molar-refractivity contribution in [3.05, 3.63) is 91.9 Å². The molecule has 2 N–H and O–H groups in total. The van der Waals surface area contributed by atoms with Crippen LogP contribution in [0.3, 0.4) is 0 Å². The van der Waals surface area contributed by atoms with E-state index in [4.69, 9.17) is 14.6 Å². The van der Waals surface area contributed by atoms with Crippen molar-refractivity contribution in [3.63, 3.8) is 0 Å². The highest BCUT2D eigenvalue weighted by atomic mass is 127. The molecule has 194 valence electrons. The number of halogens is 1. The lowest BCUT2D eigenvalue weighted by atomic mass is 10.1. The molecule has 3 aromatic carbocycles. The van der Waals surface area contributed by atoms with E-state index in [1.807, 2.05) is 52.9 Å². The number of carbonyl (C=O) groups is 3. The highest BCUT2D eigenvalue weighted by Gasteiger charge is 2.33. The van der Waals surface area contributed by atoms with Crippen molar-refractivity contribution in [1.82, 2.24) is 4.90 Å². The van der Waals surface area contributed by atoms with Crippen molar-refractivity contribution in [2.75, 3.05) is 13.7 Å². The van der Waals surface area contributed by atoms with Crippen LogP contribution in [0.2, 0.25) is 0 Å². The number of hydrogen-bond acceptors (Lipinski definition) is 7. The van der Waals surface area contributed by atoms with Crippen molar-refractivity contribution in [2.45, 2.75) is 6.54 Å². The number of carboxylic acid groups (broad SMARTS) is 2. The fraction of sp³-hybridized carbons (Fsp3) is 0.111. The van der Waals surface area contributed by atoms with Crippen LogP contribution in [-0.4, -0.2) is 51.8 Å². The molecule has 38 heavy (non-hydrogen) atoms. The summed E-state index contributed by atoms with van der Waals surface area (Å²) in [6.45, 7) is -0.305. The second-order valence-corrected chi connectivity index (χ2v) is 10.1. The van der Waals surface area contributed by atoms with Gasteiger partial charge in [-0.3, -0.25) is 9.69 Å². The topological polar surface area (TPSA) is 126 Å². The molecule has 0 unspecified atom stereocenters. The lowest BCUT2D eigenvalue weighted by molar-refractivity contribution is -0.139. The third-order valence-electron chi connectivity index (χ3n) is 5.30. The number of amides is 1. The number of benzene rings is 3. The van der Waals surface area contributed by atoms with Crippen LogP contribution >= 0.6 is 34.4 Å². The minimum absolute atomic E-state index is 0.161. The number of carbonyl (C=O) groups excluding carboxylic acids is 1. The normalized spacial score (nSPS) is 15.2. The zero-order valence-corrected chi connectivity index (χ0v) is 22.9. The maximum atomic E-state index is 13.5. The van der Waals surface area contributed by atoms with Gasteiger partial charge in [-0.1, -0.05) is 30.3 Å².